The van der Waals surface area contributed by atoms with Crippen molar-refractivity contribution >= 4 is 23.5 Å². The lowest BCUT2D eigenvalue weighted by Crippen LogP contribution is -2.07. The molecule has 0 heterocycles. The van der Waals surface area contributed by atoms with E-state index in [0.717, 1.165) is 0 Å². The molecule has 0 rings (SSSR count). The Kier molecular flexibility index (Phi) is 2.19. The molecule has 1 nitrogen and oxygen atoms in total. The zero-order valence-corrected chi connectivity index (χ0v) is 5.18. The van der Waals surface area contributed by atoms with Gasteiger partial charge in [-0.3, -0.25) is 4.29 Å². The lowest BCUT2D eigenvalue weighted by Gasteiger charge is -2.07. The van der Waals surface area contributed by atoms with Crippen LogP contribution in [0.3, 0.4) is 0 Å². The van der Waals surface area contributed by atoms with Gasteiger partial charge in [0.1, 0.15) is 0 Å². The molecule has 0 aliphatic carbocycles. The largest absolute Gasteiger partial charge is 0.257 e. The fourth-order valence-corrected chi connectivity index (χ4v) is 0. The second-order valence-electron chi connectivity index (χ2n) is 1.44. The average Bonchev–Trinajstić information content (AvgIpc) is 1.35. The van der Waals surface area contributed by atoms with Gasteiger partial charge in [0.25, 0.3) is 0 Å². The van der Waals surface area contributed by atoms with Gasteiger partial charge in [0.2, 0.25) is 0 Å². The molecule has 0 fully saturated rings. The van der Waals surface area contributed by atoms with Gasteiger partial charge in [-0.15, -0.1) is 0 Å². The molecular weight excluding hydrogens is 123 g/mol. The van der Waals surface area contributed by atoms with Crippen molar-refractivity contribution < 1.29 is 4.29 Å². The summed E-state index contributed by atoms with van der Waals surface area (Å²) in [5, 5.41) is -0.721. The highest BCUT2D eigenvalue weighted by Crippen LogP contribution is 2.14. The Hall–Kier alpha value is 0.540. The quantitative estimate of drug-likeness (QED) is 0.492. The summed E-state index contributed by atoms with van der Waals surface area (Å²) in [5.41, 5.74) is 0. The number of hydrogen-bond acceptors (Lipinski definition) is 1. The standard InChI is InChI=1S/C3H6Cl2O/c1-3(2,4)6-5/h1-2H3. The molecule has 0 unspecified atom stereocenters. The van der Waals surface area contributed by atoms with Gasteiger partial charge >= 0.3 is 0 Å². The normalized spacial score (nSPS) is 12.0. The van der Waals surface area contributed by atoms with Crippen molar-refractivity contribution in [2.45, 2.75) is 18.9 Å². The third kappa shape index (κ3) is 4.54. The summed E-state index contributed by atoms with van der Waals surface area (Å²) in [4.78, 5) is 0. The SMILES string of the molecule is CC(C)(Cl)OCl. The van der Waals surface area contributed by atoms with Crippen molar-refractivity contribution in [2.24, 2.45) is 0 Å². The maximum Gasteiger partial charge on any atom is 0.157 e. The summed E-state index contributed by atoms with van der Waals surface area (Å²) in [7, 11) is 0. The molecule has 38 valence electrons. The molecule has 0 atom stereocenters. The van der Waals surface area contributed by atoms with E-state index < -0.39 is 5.06 Å². The maximum atomic E-state index is 5.36. The van der Waals surface area contributed by atoms with Crippen LogP contribution >= 0.6 is 23.5 Å². The van der Waals surface area contributed by atoms with Crippen LogP contribution in [0.25, 0.3) is 0 Å². The van der Waals surface area contributed by atoms with Crippen molar-refractivity contribution in [1.82, 2.24) is 0 Å². The molecule has 3 heteroatoms. The second kappa shape index (κ2) is 2.01. The van der Waals surface area contributed by atoms with Crippen LogP contribution < -0.4 is 0 Å². The summed E-state index contributed by atoms with van der Waals surface area (Å²) >= 11 is 10.2. The molecule has 0 bridgehead atoms. The minimum atomic E-state index is -0.721. The molecule has 0 aliphatic heterocycles. The summed E-state index contributed by atoms with van der Waals surface area (Å²) in [6.07, 6.45) is 0. The van der Waals surface area contributed by atoms with Crippen LogP contribution in [0.15, 0.2) is 0 Å². The Labute approximate surface area is 47.4 Å². The lowest BCUT2D eigenvalue weighted by molar-refractivity contribution is 0.222. The zero-order chi connectivity index (χ0) is 5.21. The molecule has 0 N–H and O–H groups in total. The fourth-order valence-electron chi connectivity index (χ4n) is 0. The van der Waals surface area contributed by atoms with E-state index in [9.17, 15) is 0 Å². The third-order valence-corrected chi connectivity index (χ3v) is 0.725. The van der Waals surface area contributed by atoms with Crippen LogP contribution in [0.5, 0.6) is 0 Å². The minimum Gasteiger partial charge on any atom is -0.257 e. The Balaban J connectivity index is 3.17. The molecule has 0 saturated carbocycles. The summed E-state index contributed by atoms with van der Waals surface area (Å²) in [6, 6.07) is 0. The second-order valence-corrected chi connectivity index (χ2v) is 2.51. The van der Waals surface area contributed by atoms with E-state index in [-0.39, 0.29) is 0 Å². The van der Waals surface area contributed by atoms with Crippen LogP contribution in [0.1, 0.15) is 13.8 Å². The Morgan fingerprint density at radius 1 is 1.50 bits per heavy atom. The topological polar surface area (TPSA) is 9.23 Å². The van der Waals surface area contributed by atoms with Gasteiger partial charge in [-0.1, -0.05) is 11.6 Å². The molecule has 0 aliphatic rings. The molecule has 0 amide bonds. The van der Waals surface area contributed by atoms with E-state index in [1.54, 1.807) is 13.8 Å². The average molecular weight is 129 g/mol. The molecular formula is C3H6Cl2O. The highest BCUT2D eigenvalue weighted by molar-refractivity contribution is 6.24. The van der Waals surface area contributed by atoms with E-state index in [1.807, 2.05) is 0 Å². The van der Waals surface area contributed by atoms with Gasteiger partial charge < -0.3 is 0 Å². The fraction of sp³-hybridized carbons (Fsp3) is 1.00. The van der Waals surface area contributed by atoms with Crippen LogP contribution in [0.2, 0.25) is 0 Å². The van der Waals surface area contributed by atoms with Gasteiger partial charge in [-0.05, 0) is 13.8 Å². The Bertz CT molecular complexity index is 38.5. The number of halogens is 2. The summed E-state index contributed by atoms with van der Waals surface area (Å²) in [6.45, 7) is 3.31. The van der Waals surface area contributed by atoms with Gasteiger partial charge in [0.05, 0.1) is 11.9 Å². The first-order valence-corrected chi connectivity index (χ1v) is 2.23. The van der Waals surface area contributed by atoms with Gasteiger partial charge in [0.15, 0.2) is 5.06 Å². The van der Waals surface area contributed by atoms with Crippen molar-refractivity contribution in [2.75, 3.05) is 0 Å². The maximum absolute atomic E-state index is 5.36. The van der Waals surface area contributed by atoms with Crippen LogP contribution in [-0.4, -0.2) is 5.06 Å². The van der Waals surface area contributed by atoms with Crippen molar-refractivity contribution in [3.05, 3.63) is 0 Å². The summed E-state index contributed by atoms with van der Waals surface area (Å²) in [5.74, 6) is 0. The first-order valence-electron chi connectivity index (χ1n) is 1.55. The van der Waals surface area contributed by atoms with Gasteiger partial charge in [-0.2, -0.15) is 0 Å². The predicted octanol–water partition coefficient (Wildman–Crippen LogP) is 2.13. The molecule has 0 spiro atoms. The third-order valence-electron chi connectivity index (χ3n) is 0.183. The molecule has 0 aromatic heterocycles. The number of alkyl halides is 1. The first kappa shape index (κ1) is 6.54. The van der Waals surface area contributed by atoms with Crippen LogP contribution in [0.4, 0.5) is 0 Å². The monoisotopic (exact) mass is 128 g/mol. The predicted molar refractivity (Wildman–Crippen MR) is 26.9 cm³/mol. The summed E-state index contributed by atoms with van der Waals surface area (Å²) < 4.78 is 4.18. The van der Waals surface area contributed by atoms with Crippen molar-refractivity contribution in [3.8, 4) is 0 Å². The van der Waals surface area contributed by atoms with Crippen molar-refractivity contribution in [1.29, 1.82) is 0 Å². The van der Waals surface area contributed by atoms with E-state index in [4.69, 9.17) is 23.5 Å². The van der Waals surface area contributed by atoms with Crippen molar-refractivity contribution in [3.63, 3.8) is 0 Å². The van der Waals surface area contributed by atoms with Crippen LogP contribution in [-0.2, 0) is 4.29 Å². The minimum absolute atomic E-state index is 0.721. The molecule has 6 heavy (non-hydrogen) atoms. The smallest absolute Gasteiger partial charge is 0.157 e. The highest BCUT2D eigenvalue weighted by atomic mass is 35.5. The Morgan fingerprint density at radius 2 is 1.67 bits per heavy atom. The number of rotatable bonds is 1. The van der Waals surface area contributed by atoms with E-state index in [1.165, 1.54) is 0 Å². The van der Waals surface area contributed by atoms with Gasteiger partial charge in [-0.25, -0.2) is 0 Å². The van der Waals surface area contributed by atoms with Crippen LogP contribution in [0, 0.1) is 0 Å². The van der Waals surface area contributed by atoms with E-state index >= 15 is 0 Å². The highest BCUT2D eigenvalue weighted by Gasteiger charge is 2.10. The molecule has 0 aromatic carbocycles. The molecule has 0 radical (unpaired) electrons. The molecule has 0 saturated heterocycles. The van der Waals surface area contributed by atoms with Gasteiger partial charge in [0, 0.05) is 0 Å². The molecule has 0 aromatic rings. The number of hydrogen-bond donors (Lipinski definition) is 0. The zero-order valence-electron chi connectivity index (χ0n) is 3.66. The Morgan fingerprint density at radius 3 is 1.67 bits per heavy atom. The lowest BCUT2D eigenvalue weighted by atomic mass is 10.5. The van der Waals surface area contributed by atoms with E-state index in [2.05, 4.69) is 4.29 Å². The van der Waals surface area contributed by atoms with E-state index in [0.29, 0.717) is 0 Å². The first-order chi connectivity index (χ1) is 2.56.